The number of β-amino-alcohol motifs (C(OH)–C–C–N with tert-alkyl or cyclic N) is 1. The lowest BCUT2D eigenvalue weighted by Gasteiger charge is -2.32. The largest absolute Gasteiger partial charge is 0.387 e. The molecule has 1 aliphatic rings. The minimum absolute atomic E-state index is 0.269. The average Bonchev–Trinajstić information content (AvgIpc) is 2.32. The number of hydrogen-bond donors (Lipinski definition) is 1. The van der Waals surface area contributed by atoms with Gasteiger partial charge < -0.3 is 9.84 Å². The lowest BCUT2D eigenvalue weighted by atomic mass is 10.0. The van der Waals surface area contributed by atoms with Crippen LogP contribution >= 0.6 is 0 Å². The first-order valence-electron chi connectivity index (χ1n) is 6.65. The van der Waals surface area contributed by atoms with E-state index in [1.54, 1.807) is 0 Å². The molecule has 3 heteroatoms. The summed E-state index contributed by atoms with van der Waals surface area (Å²) in [6.45, 7) is 9.53. The van der Waals surface area contributed by atoms with Crippen molar-refractivity contribution in [3.63, 3.8) is 0 Å². The first-order chi connectivity index (χ1) is 8.56. The average molecular weight is 249 g/mol. The molecule has 0 spiro atoms. The zero-order valence-corrected chi connectivity index (χ0v) is 11.5. The molecule has 0 aliphatic carbocycles. The van der Waals surface area contributed by atoms with Crippen LogP contribution in [-0.4, -0.2) is 42.4 Å². The van der Waals surface area contributed by atoms with Gasteiger partial charge in [0.25, 0.3) is 0 Å². The van der Waals surface area contributed by atoms with E-state index in [2.05, 4.69) is 37.8 Å². The zero-order valence-electron chi connectivity index (χ0n) is 11.5. The number of rotatable bonds is 3. The normalized spacial score (nSPS) is 23.0. The third-order valence-corrected chi connectivity index (χ3v) is 3.67. The summed E-state index contributed by atoms with van der Waals surface area (Å²) in [6.07, 6.45) is -0.139. The predicted octanol–water partition coefficient (Wildman–Crippen LogP) is 2.06. The molecule has 1 N–H and O–H groups in total. The summed E-state index contributed by atoms with van der Waals surface area (Å²) in [5, 5.41) is 10.3. The number of hydrogen-bond acceptors (Lipinski definition) is 3. The van der Waals surface area contributed by atoms with Gasteiger partial charge in [-0.1, -0.05) is 18.2 Å². The molecule has 1 aromatic rings. The minimum Gasteiger partial charge on any atom is -0.387 e. The Labute approximate surface area is 109 Å². The molecule has 3 nitrogen and oxygen atoms in total. The molecular formula is C15H23NO2. The second-order valence-corrected chi connectivity index (χ2v) is 5.30. The van der Waals surface area contributed by atoms with Gasteiger partial charge in [0.05, 0.1) is 18.8 Å². The molecule has 2 atom stereocenters. The molecule has 0 bridgehead atoms. The summed E-state index contributed by atoms with van der Waals surface area (Å²) >= 11 is 0. The van der Waals surface area contributed by atoms with Gasteiger partial charge in [0.15, 0.2) is 0 Å². The summed E-state index contributed by atoms with van der Waals surface area (Å²) in [5.41, 5.74) is 3.52. The second kappa shape index (κ2) is 5.83. The van der Waals surface area contributed by atoms with Crippen molar-refractivity contribution in [1.29, 1.82) is 0 Å². The Balaban J connectivity index is 1.98. The fraction of sp³-hybridized carbons (Fsp3) is 0.600. The van der Waals surface area contributed by atoms with Gasteiger partial charge in [-0.25, -0.2) is 0 Å². The molecular weight excluding hydrogens is 226 g/mol. The molecule has 100 valence electrons. The first kappa shape index (κ1) is 13.5. The minimum atomic E-state index is -0.408. The van der Waals surface area contributed by atoms with Gasteiger partial charge in [-0.05, 0) is 37.5 Å². The lowest BCUT2D eigenvalue weighted by Crippen LogP contribution is -2.42. The maximum atomic E-state index is 10.3. The topological polar surface area (TPSA) is 32.7 Å². The first-order valence-corrected chi connectivity index (χ1v) is 6.65. The van der Waals surface area contributed by atoms with Crippen molar-refractivity contribution in [2.45, 2.75) is 33.0 Å². The Morgan fingerprint density at radius 2 is 2.17 bits per heavy atom. The highest BCUT2D eigenvalue weighted by Crippen LogP contribution is 2.19. The monoisotopic (exact) mass is 249 g/mol. The molecule has 1 fully saturated rings. The fourth-order valence-corrected chi connectivity index (χ4v) is 2.38. The number of aliphatic hydroxyl groups is 1. The van der Waals surface area contributed by atoms with Gasteiger partial charge in [0, 0.05) is 19.6 Å². The SMILES string of the molecule is Cc1ccc(C(O)CN2CCOC(C)C2)cc1C. The highest BCUT2D eigenvalue weighted by Gasteiger charge is 2.20. The van der Waals surface area contributed by atoms with E-state index in [0.717, 1.165) is 25.3 Å². The molecule has 0 amide bonds. The van der Waals surface area contributed by atoms with Crippen LogP contribution in [0, 0.1) is 13.8 Å². The van der Waals surface area contributed by atoms with E-state index in [0.29, 0.717) is 6.54 Å². The molecule has 0 saturated carbocycles. The quantitative estimate of drug-likeness (QED) is 0.890. The number of benzene rings is 1. The van der Waals surface area contributed by atoms with Gasteiger partial charge in [-0.3, -0.25) is 4.90 Å². The van der Waals surface area contributed by atoms with Gasteiger partial charge in [-0.2, -0.15) is 0 Å². The van der Waals surface area contributed by atoms with Crippen molar-refractivity contribution in [3.8, 4) is 0 Å². The van der Waals surface area contributed by atoms with Crippen LogP contribution in [0.4, 0.5) is 0 Å². The highest BCUT2D eigenvalue weighted by atomic mass is 16.5. The van der Waals surface area contributed by atoms with E-state index < -0.39 is 6.10 Å². The molecule has 0 radical (unpaired) electrons. The molecule has 2 rings (SSSR count). The van der Waals surface area contributed by atoms with E-state index in [4.69, 9.17) is 4.74 Å². The zero-order chi connectivity index (χ0) is 13.1. The van der Waals surface area contributed by atoms with Crippen LogP contribution in [0.15, 0.2) is 18.2 Å². The lowest BCUT2D eigenvalue weighted by molar-refractivity contribution is -0.0319. The van der Waals surface area contributed by atoms with Crippen LogP contribution in [-0.2, 0) is 4.74 Å². The van der Waals surface area contributed by atoms with Gasteiger partial charge >= 0.3 is 0 Å². The Kier molecular flexibility index (Phi) is 4.38. The summed E-state index contributed by atoms with van der Waals surface area (Å²) in [7, 11) is 0. The Hall–Kier alpha value is -0.900. The van der Waals surface area contributed by atoms with Crippen molar-refractivity contribution in [2.24, 2.45) is 0 Å². The van der Waals surface area contributed by atoms with E-state index in [1.807, 2.05) is 6.07 Å². The van der Waals surface area contributed by atoms with Gasteiger partial charge in [-0.15, -0.1) is 0 Å². The summed E-state index contributed by atoms with van der Waals surface area (Å²) in [5.74, 6) is 0. The van der Waals surface area contributed by atoms with Crippen molar-refractivity contribution in [3.05, 3.63) is 34.9 Å². The van der Waals surface area contributed by atoms with E-state index in [9.17, 15) is 5.11 Å². The predicted molar refractivity (Wildman–Crippen MR) is 72.7 cm³/mol. The number of morpholine rings is 1. The van der Waals surface area contributed by atoms with E-state index in [1.165, 1.54) is 11.1 Å². The van der Waals surface area contributed by atoms with Crippen molar-refractivity contribution < 1.29 is 9.84 Å². The molecule has 0 aromatic heterocycles. The van der Waals surface area contributed by atoms with Crippen molar-refractivity contribution in [2.75, 3.05) is 26.2 Å². The van der Waals surface area contributed by atoms with Crippen LogP contribution in [0.3, 0.4) is 0 Å². The Morgan fingerprint density at radius 3 is 2.83 bits per heavy atom. The molecule has 1 aliphatic heterocycles. The fourth-order valence-electron chi connectivity index (χ4n) is 2.38. The number of ether oxygens (including phenoxy) is 1. The standard InChI is InChI=1S/C15H23NO2/c1-11-4-5-14(8-12(11)2)15(17)10-16-6-7-18-13(3)9-16/h4-5,8,13,15,17H,6-7,9-10H2,1-3H3. The summed E-state index contributed by atoms with van der Waals surface area (Å²) in [4.78, 5) is 2.27. The molecule has 1 saturated heterocycles. The third kappa shape index (κ3) is 3.31. The summed E-state index contributed by atoms with van der Waals surface area (Å²) in [6, 6.07) is 6.19. The van der Waals surface area contributed by atoms with Crippen LogP contribution in [0.5, 0.6) is 0 Å². The van der Waals surface area contributed by atoms with Crippen LogP contribution < -0.4 is 0 Å². The third-order valence-electron chi connectivity index (χ3n) is 3.67. The Morgan fingerprint density at radius 1 is 1.39 bits per heavy atom. The van der Waals surface area contributed by atoms with E-state index in [-0.39, 0.29) is 6.10 Å². The molecule has 18 heavy (non-hydrogen) atoms. The van der Waals surface area contributed by atoms with Gasteiger partial charge in [0.2, 0.25) is 0 Å². The van der Waals surface area contributed by atoms with Gasteiger partial charge in [0.1, 0.15) is 0 Å². The highest BCUT2D eigenvalue weighted by molar-refractivity contribution is 5.31. The van der Waals surface area contributed by atoms with E-state index >= 15 is 0 Å². The smallest absolute Gasteiger partial charge is 0.0917 e. The molecule has 1 aromatic carbocycles. The maximum Gasteiger partial charge on any atom is 0.0917 e. The van der Waals surface area contributed by atoms with Crippen molar-refractivity contribution >= 4 is 0 Å². The van der Waals surface area contributed by atoms with Crippen LogP contribution in [0.2, 0.25) is 0 Å². The van der Waals surface area contributed by atoms with Crippen LogP contribution in [0.25, 0.3) is 0 Å². The maximum absolute atomic E-state index is 10.3. The summed E-state index contributed by atoms with van der Waals surface area (Å²) < 4.78 is 5.51. The van der Waals surface area contributed by atoms with Crippen LogP contribution in [0.1, 0.15) is 29.7 Å². The number of aliphatic hydroxyl groups excluding tert-OH is 1. The van der Waals surface area contributed by atoms with Crippen molar-refractivity contribution in [1.82, 2.24) is 4.90 Å². The Bertz CT molecular complexity index is 405. The molecule has 1 heterocycles. The number of nitrogens with zero attached hydrogens (tertiary/aromatic N) is 1. The second-order valence-electron chi connectivity index (χ2n) is 5.30. The molecule has 2 unspecified atom stereocenters. The number of aryl methyl sites for hydroxylation is 2.